The first-order valence-corrected chi connectivity index (χ1v) is 6.11. The van der Waals surface area contributed by atoms with Crippen LogP contribution in [0.4, 0.5) is 0 Å². The van der Waals surface area contributed by atoms with Gasteiger partial charge in [0.15, 0.2) is 9.55 Å². The van der Waals surface area contributed by atoms with Crippen LogP contribution in [0, 0.1) is 0 Å². The smallest absolute Gasteiger partial charge is 0.174 e. The number of halogens is 1. The van der Waals surface area contributed by atoms with E-state index in [0.717, 1.165) is 0 Å². The lowest BCUT2D eigenvalue weighted by molar-refractivity contribution is 1.55. The standard InChI is InChI=1S/C12H9N.ClSi/c1-3-7-11-9(5-1)10-6-2-4-8-12(10)13-11;1-2/h1-8,13H;. The maximum Gasteiger partial charge on any atom is 0.174 e. The Morgan fingerprint density at radius 1 is 0.733 bits per heavy atom. The first-order valence-electron chi connectivity index (χ1n) is 4.59. The lowest BCUT2D eigenvalue weighted by Crippen LogP contribution is -1.62. The molecule has 0 aliphatic carbocycles. The molecule has 2 aromatic carbocycles. The van der Waals surface area contributed by atoms with Crippen LogP contribution >= 0.6 is 11.1 Å². The Balaban J connectivity index is 0.000000404. The summed E-state index contributed by atoms with van der Waals surface area (Å²) in [7, 11) is 2.44. The fourth-order valence-electron chi connectivity index (χ4n) is 1.80. The highest BCUT2D eigenvalue weighted by molar-refractivity contribution is 6.80. The van der Waals surface area contributed by atoms with Gasteiger partial charge in [-0.3, -0.25) is 0 Å². The predicted octanol–water partition coefficient (Wildman–Crippen LogP) is 3.63. The molecule has 0 spiro atoms. The molecule has 0 unspecified atom stereocenters. The SMILES string of the molecule is [Si]Cl.c1ccc2c(c1)[nH]c1ccccc12. The molecule has 1 N–H and O–H groups in total. The van der Waals surface area contributed by atoms with E-state index >= 15 is 0 Å². The fraction of sp³-hybridized carbons (Fsp3) is 0. The van der Waals surface area contributed by atoms with Crippen LogP contribution in [0.5, 0.6) is 0 Å². The molecule has 15 heavy (non-hydrogen) atoms. The van der Waals surface area contributed by atoms with Gasteiger partial charge in [-0.25, -0.2) is 0 Å². The predicted molar refractivity (Wildman–Crippen MR) is 67.4 cm³/mol. The van der Waals surface area contributed by atoms with Gasteiger partial charge in [0.2, 0.25) is 0 Å². The van der Waals surface area contributed by atoms with Gasteiger partial charge < -0.3 is 4.98 Å². The van der Waals surface area contributed by atoms with Gasteiger partial charge in [-0.1, -0.05) is 36.4 Å². The monoisotopic (exact) mass is 230 g/mol. The second-order valence-electron chi connectivity index (χ2n) is 3.22. The molecule has 3 aromatic rings. The van der Waals surface area contributed by atoms with E-state index in [1.807, 2.05) is 0 Å². The molecular formula is C12H9ClNSi. The molecule has 1 nitrogen and oxygen atoms in total. The molecule has 3 heteroatoms. The molecule has 3 rings (SSSR count). The molecule has 0 aliphatic rings. The van der Waals surface area contributed by atoms with Crippen LogP contribution in [-0.2, 0) is 0 Å². The molecule has 0 aliphatic heterocycles. The van der Waals surface area contributed by atoms with E-state index in [4.69, 9.17) is 0 Å². The van der Waals surface area contributed by atoms with Crippen LogP contribution < -0.4 is 0 Å². The largest absolute Gasteiger partial charge is 0.355 e. The van der Waals surface area contributed by atoms with E-state index in [1.54, 1.807) is 0 Å². The summed E-state index contributed by atoms with van der Waals surface area (Å²) < 4.78 is 0. The zero-order chi connectivity index (χ0) is 10.7. The summed E-state index contributed by atoms with van der Waals surface area (Å²) in [6.45, 7) is 0. The van der Waals surface area contributed by atoms with Gasteiger partial charge in [-0.2, -0.15) is 11.1 Å². The van der Waals surface area contributed by atoms with Crippen molar-refractivity contribution in [3.63, 3.8) is 0 Å². The average Bonchev–Trinajstić information content (AvgIpc) is 2.70. The molecular weight excluding hydrogens is 222 g/mol. The highest BCUT2D eigenvalue weighted by Crippen LogP contribution is 2.24. The lowest BCUT2D eigenvalue weighted by Gasteiger charge is -1.87. The number of benzene rings is 2. The van der Waals surface area contributed by atoms with Crippen molar-refractivity contribution in [2.45, 2.75) is 0 Å². The number of aromatic nitrogens is 1. The van der Waals surface area contributed by atoms with Crippen LogP contribution in [0.25, 0.3) is 21.8 Å². The summed E-state index contributed by atoms with van der Waals surface area (Å²) in [5.41, 5.74) is 2.42. The third-order valence-electron chi connectivity index (χ3n) is 2.41. The molecule has 0 fully saturated rings. The first-order chi connectivity index (χ1) is 7.45. The van der Waals surface area contributed by atoms with E-state index < -0.39 is 0 Å². The Labute approximate surface area is 96.2 Å². The molecule has 0 atom stereocenters. The second-order valence-corrected chi connectivity index (χ2v) is 3.22. The van der Waals surface area contributed by atoms with Crippen LogP contribution in [-0.4, -0.2) is 14.5 Å². The van der Waals surface area contributed by atoms with Crippen molar-refractivity contribution in [2.24, 2.45) is 0 Å². The van der Waals surface area contributed by atoms with Crippen molar-refractivity contribution >= 4 is 42.4 Å². The zero-order valence-corrected chi connectivity index (χ0v) is 9.75. The summed E-state index contributed by atoms with van der Waals surface area (Å²) in [6.07, 6.45) is 0. The molecule has 1 heterocycles. The number of rotatable bonds is 0. The zero-order valence-electron chi connectivity index (χ0n) is 8.00. The number of hydrogen-bond acceptors (Lipinski definition) is 0. The molecule has 0 amide bonds. The van der Waals surface area contributed by atoms with Gasteiger partial charge in [0.25, 0.3) is 0 Å². The number of H-pyrrole nitrogens is 1. The minimum Gasteiger partial charge on any atom is -0.355 e. The average molecular weight is 231 g/mol. The normalized spacial score (nSPS) is 10.0. The summed E-state index contributed by atoms with van der Waals surface area (Å²) >= 11 is 4.44. The summed E-state index contributed by atoms with van der Waals surface area (Å²) in [4.78, 5) is 3.38. The van der Waals surface area contributed by atoms with Crippen LogP contribution in [0.2, 0.25) is 0 Å². The third kappa shape index (κ3) is 1.78. The highest BCUT2D eigenvalue weighted by atomic mass is 35.6. The Morgan fingerprint density at radius 3 is 1.60 bits per heavy atom. The maximum absolute atomic E-state index is 4.44. The lowest BCUT2D eigenvalue weighted by atomic mass is 10.2. The molecule has 0 bridgehead atoms. The summed E-state index contributed by atoms with van der Waals surface area (Å²) in [5.74, 6) is 0. The number of fused-ring (bicyclic) bond motifs is 3. The van der Waals surface area contributed by atoms with Crippen molar-refractivity contribution in [3.8, 4) is 0 Å². The van der Waals surface area contributed by atoms with Crippen LogP contribution in [0.3, 0.4) is 0 Å². The van der Waals surface area contributed by atoms with Crippen molar-refractivity contribution in [3.05, 3.63) is 48.5 Å². The topological polar surface area (TPSA) is 15.8 Å². The van der Waals surface area contributed by atoms with Gasteiger partial charge in [-0.15, -0.1) is 0 Å². The van der Waals surface area contributed by atoms with Crippen molar-refractivity contribution in [2.75, 3.05) is 0 Å². The quantitative estimate of drug-likeness (QED) is 0.449. The molecule has 73 valence electrons. The minimum absolute atomic E-state index is 1.21. The molecule has 0 saturated heterocycles. The molecule has 0 saturated carbocycles. The van der Waals surface area contributed by atoms with E-state index in [2.05, 4.69) is 74.1 Å². The summed E-state index contributed by atoms with van der Waals surface area (Å²) in [5, 5.41) is 2.61. The number of aromatic amines is 1. The number of nitrogens with one attached hydrogen (secondary N) is 1. The molecule has 3 radical (unpaired) electrons. The first kappa shape index (κ1) is 10.3. The van der Waals surface area contributed by atoms with Gasteiger partial charge in [0.1, 0.15) is 0 Å². The van der Waals surface area contributed by atoms with E-state index in [0.29, 0.717) is 0 Å². The van der Waals surface area contributed by atoms with Crippen molar-refractivity contribution in [1.82, 2.24) is 4.98 Å². The van der Waals surface area contributed by atoms with E-state index in [-0.39, 0.29) is 0 Å². The van der Waals surface area contributed by atoms with E-state index in [9.17, 15) is 0 Å². The Morgan fingerprint density at radius 2 is 1.13 bits per heavy atom. The second kappa shape index (κ2) is 4.51. The highest BCUT2D eigenvalue weighted by Gasteiger charge is 2.00. The Hall–Kier alpha value is -1.25. The van der Waals surface area contributed by atoms with Crippen molar-refractivity contribution < 1.29 is 0 Å². The Bertz CT molecular complexity index is 523. The van der Waals surface area contributed by atoms with Crippen LogP contribution in [0.1, 0.15) is 0 Å². The van der Waals surface area contributed by atoms with Gasteiger partial charge in [-0.05, 0) is 12.1 Å². The molecule has 1 aromatic heterocycles. The van der Waals surface area contributed by atoms with Crippen LogP contribution in [0.15, 0.2) is 48.5 Å². The van der Waals surface area contributed by atoms with Crippen molar-refractivity contribution in [1.29, 1.82) is 0 Å². The fourth-order valence-corrected chi connectivity index (χ4v) is 1.80. The van der Waals surface area contributed by atoms with Gasteiger partial charge in [0, 0.05) is 21.8 Å². The third-order valence-corrected chi connectivity index (χ3v) is 2.41. The number of hydrogen-bond donors (Lipinski definition) is 1. The van der Waals surface area contributed by atoms with Gasteiger partial charge in [0.05, 0.1) is 0 Å². The Kier molecular flexibility index (Phi) is 3.09. The van der Waals surface area contributed by atoms with Gasteiger partial charge >= 0.3 is 0 Å². The summed E-state index contributed by atoms with van der Waals surface area (Å²) in [6, 6.07) is 16.8. The maximum atomic E-state index is 4.44. The minimum atomic E-state index is 1.21. The van der Waals surface area contributed by atoms with E-state index in [1.165, 1.54) is 21.8 Å². The number of para-hydroxylation sites is 2.